The summed E-state index contributed by atoms with van der Waals surface area (Å²) in [6, 6.07) is 33.8. The Bertz CT molecular complexity index is 1070. The molecule has 150 valence electrons. The van der Waals surface area contributed by atoms with Crippen molar-refractivity contribution < 1.29 is 10.2 Å². The van der Waals surface area contributed by atoms with Gasteiger partial charge in [0.25, 0.3) is 0 Å². The highest BCUT2D eigenvalue weighted by molar-refractivity contribution is 5.52. The molecule has 0 aliphatic rings. The Morgan fingerprint density at radius 1 is 0.600 bits per heavy atom. The van der Waals surface area contributed by atoms with Crippen molar-refractivity contribution in [3.8, 4) is 11.5 Å². The molecule has 2 heteroatoms. The summed E-state index contributed by atoms with van der Waals surface area (Å²) in [7, 11) is 0. The smallest absolute Gasteiger partial charge is 0.119 e. The van der Waals surface area contributed by atoms with E-state index in [9.17, 15) is 10.2 Å². The highest BCUT2D eigenvalue weighted by atomic mass is 16.3. The van der Waals surface area contributed by atoms with Crippen LogP contribution < -0.4 is 0 Å². The lowest BCUT2D eigenvalue weighted by Gasteiger charge is -2.28. The van der Waals surface area contributed by atoms with Crippen molar-refractivity contribution in [1.29, 1.82) is 0 Å². The lowest BCUT2D eigenvalue weighted by atomic mass is 9.75. The van der Waals surface area contributed by atoms with Gasteiger partial charge in [-0.05, 0) is 40.5 Å². The van der Waals surface area contributed by atoms with Gasteiger partial charge in [0.15, 0.2) is 0 Å². The van der Waals surface area contributed by atoms with Crippen LogP contribution in [0.5, 0.6) is 11.5 Å². The maximum atomic E-state index is 10.9. The maximum absolute atomic E-state index is 10.9. The fourth-order valence-electron chi connectivity index (χ4n) is 4.06. The summed E-state index contributed by atoms with van der Waals surface area (Å²) in [5, 5.41) is 20.5. The van der Waals surface area contributed by atoms with Crippen LogP contribution in [0.25, 0.3) is 0 Å². The summed E-state index contributed by atoms with van der Waals surface area (Å²) in [6.45, 7) is 4.32. The molecule has 0 aliphatic heterocycles. The average molecular weight is 395 g/mol. The normalized spacial score (nSPS) is 11.6. The molecule has 2 N–H and O–H groups in total. The molecule has 4 aromatic carbocycles. The van der Waals surface area contributed by atoms with E-state index in [2.05, 4.69) is 44.2 Å². The van der Waals surface area contributed by atoms with Gasteiger partial charge < -0.3 is 10.2 Å². The molecule has 0 unspecified atom stereocenters. The molecule has 0 atom stereocenters. The zero-order valence-electron chi connectivity index (χ0n) is 17.3. The molecule has 0 saturated heterocycles. The molecule has 0 radical (unpaired) electrons. The predicted octanol–water partition coefficient (Wildman–Crippen LogP) is 6.60. The van der Waals surface area contributed by atoms with Crippen molar-refractivity contribution in [2.75, 3.05) is 0 Å². The molecular weight excluding hydrogens is 368 g/mol. The van der Waals surface area contributed by atoms with Gasteiger partial charge in [-0.25, -0.2) is 0 Å². The minimum Gasteiger partial charge on any atom is -0.508 e. The Morgan fingerprint density at radius 3 is 1.63 bits per heavy atom. The second kappa shape index (κ2) is 8.08. The van der Waals surface area contributed by atoms with Gasteiger partial charge in [0.2, 0.25) is 0 Å². The molecule has 0 bridgehead atoms. The Balaban J connectivity index is 1.86. The first-order valence-electron chi connectivity index (χ1n) is 10.2. The number of phenolic OH excluding ortho intramolecular Hbond substituents is 2. The SMILES string of the molecule is CC(C)(c1ccc(O)cc1)c1ccc(O)c(C(c2ccccc2)c2ccccc2)c1. The lowest BCUT2D eigenvalue weighted by Crippen LogP contribution is -2.19. The second-order valence-electron chi connectivity index (χ2n) is 8.20. The fourth-order valence-corrected chi connectivity index (χ4v) is 4.06. The van der Waals surface area contributed by atoms with Crippen LogP contribution in [0.1, 0.15) is 47.6 Å². The van der Waals surface area contributed by atoms with E-state index < -0.39 is 0 Å². The third-order valence-corrected chi connectivity index (χ3v) is 5.92. The topological polar surface area (TPSA) is 40.5 Å². The molecule has 0 aliphatic carbocycles. The highest BCUT2D eigenvalue weighted by Gasteiger charge is 2.27. The van der Waals surface area contributed by atoms with Crippen LogP contribution >= 0.6 is 0 Å². The quantitative estimate of drug-likeness (QED) is 0.374. The average Bonchev–Trinajstić information content (AvgIpc) is 2.77. The first kappa shape index (κ1) is 19.8. The minimum atomic E-state index is -0.284. The summed E-state index contributed by atoms with van der Waals surface area (Å²) in [5.74, 6) is 0.482. The van der Waals surface area contributed by atoms with Gasteiger partial charge in [-0.1, -0.05) is 98.8 Å². The van der Waals surface area contributed by atoms with Gasteiger partial charge in [-0.15, -0.1) is 0 Å². The number of aromatic hydroxyl groups is 2. The van der Waals surface area contributed by atoms with E-state index >= 15 is 0 Å². The molecular formula is C28H26O2. The van der Waals surface area contributed by atoms with E-state index in [1.54, 1.807) is 18.2 Å². The Labute approximate surface area is 178 Å². The van der Waals surface area contributed by atoms with E-state index in [-0.39, 0.29) is 22.8 Å². The molecule has 4 aromatic rings. The van der Waals surface area contributed by atoms with Crippen molar-refractivity contribution in [3.05, 3.63) is 131 Å². The van der Waals surface area contributed by atoms with Gasteiger partial charge in [0.1, 0.15) is 11.5 Å². The number of rotatable bonds is 5. The van der Waals surface area contributed by atoms with Crippen LogP contribution in [0.2, 0.25) is 0 Å². The Kier molecular flexibility index (Phi) is 5.33. The lowest BCUT2D eigenvalue weighted by molar-refractivity contribution is 0.466. The molecule has 0 fully saturated rings. The molecule has 4 rings (SSSR count). The summed E-state index contributed by atoms with van der Waals surface area (Å²) in [4.78, 5) is 0. The third-order valence-electron chi connectivity index (χ3n) is 5.92. The first-order chi connectivity index (χ1) is 14.5. The molecule has 0 heterocycles. The van der Waals surface area contributed by atoms with E-state index in [0.717, 1.165) is 27.8 Å². The molecule has 0 spiro atoms. The zero-order valence-corrected chi connectivity index (χ0v) is 17.3. The van der Waals surface area contributed by atoms with Crippen molar-refractivity contribution in [2.45, 2.75) is 25.2 Å². The van der Waals surface area contributed by atoms with Crippen molar-refractivity contribution >= 4 is 0 Å². The third kappa shape index (κ3) is 3.81. The standard InChI is InChI=1S/C28H26O2/c1-28(2,22-13-16-24(29)17-14-22)23-15-18-26(30)25(19-23)27(20-9-5-3-6-10-20)21-11-7-4-8-12-21/h3-19,27,29-30H,1-2H3. The second-order valence-corrected chi connectivity index (χ2v) is 8.20. The molecule has 0 aromatic heterocycles. The molecule has 0 saturated carbocycles. The molecule has 30 heavy (non-hydrogen) atoms. The van der Waals surface area contributed by atoms with Crippen LogP contribution in [-0.4, -0.2) is 10.2 Å². The largest absolute Gasteiger partial charge is 0.508 e. The van der Waals surface area contributed by atoms with Crippen molar-refractivity contribution in [2.24, 2.45) is 0 Å². The number of hydrogen-bond donors (Lipinski definition) is 2. The first-order valence-corrected chi connectivity index (χ1v) is 10.2. The number of hydrogen-bond acceptors (Lipinski definition) is 2. The number of phenols is 2. The number of benzene rings is 4. The van der Waals surface area contributed by atoms with Gasteiger partial charge >= 0.3 is 0 Å². The monoisotopic (exact) mass is 394 g/mol. The van der Waals surface area contributed by atoms with Gasteiger partial charge in [-0.3, -0.25) is 0 Å². The van der Waals surface area contributed by atoms with Crippen molar-refractivity contribution in [1.82, 2.24) is 0 Å². The van der Waals surface area contributed by atoms with Crippen LogP contribution in [0.15, 0.2) is 103 Å². The fraction of sp³-hybridized carbons (Fsp3) is 0.143. The van der Waals surface area contributed by atoms with E-state index in [1.165, 1.54) is 0 Å². The predicted molar refractivity (Wildman–Crippen MR) is 122 cm³/mol. The summed E-state index contributed by atoms with van der Waals surface area (Å²) >= 11 is 0. The van der Waals surface area contributed by atoms with Crippen LogP contribution in [0.3, 0.4) is 0 Å². The Morgan fingerprint density at radius 2 is 1.10 bits per heavy atom. The van der Waals surface area contributed by atoms with Crippen LogP contribution in [0.4, 0.5) is 0 Å². The van der Waals surface area contributed by atoms with Gasteiger partial charge in [-0.2, -0.15) is 0 Å². The summed E-state index contributed by atoms with van der Waals surface area (Å²) in [6.07, 6.45) is 0. The zero-order chi connectivity index (χ0) is 21.1. The van der Waals surface area contributed by atoms with E-state index in [4.69, 9.17) is 0 Å². The van der Waals surface area contributed by atoms with Crippen molar-refractivity contribution in [3.63, 3.8) is 0 Å². The summed E-state index contributed by atoms with van der Waals surface area (Å²) < 4.78 is 0. The van der Waals surface area contributed by atoms with E-state index in [1.807, 2.05) is 54.6 Å². The van der Waals surface area contributed by atoms with Crippen LogP contribution in [-0.2, 0) is 5.41 Å². The van der Waals surface area contributed by atoms with Gasteiger partial charge in [0.05, 0.1) is 0 Å². The molecule has 0 amide bonds. The van der Waals surface area contributed by atoms with Crippen LogP contribution in [0, 0.1) is 0 Å². The minimum absolute atomic E-state index is 0.0667. The molecule has 2 nitrogen and oxygen atoms in total. The van der Waals surface area contributed by atoms with E-state index in [0.29, 0.717) is 0 Å². The highest BCUT2D eigenvalue weighted by Crippen LogP contribution is 2.40. The van der Waals surface area contributed by atoms with Gasteiger partial charge in [0, 0.05) is 16.9 Å². The summed E-state index contributed by atoms with van der Waals surface area (Å²) in [5.41, 5.74) is 5.09. The maximum Gasteiger partial charge on any atom is 0.119 e. The Hall–Kier alpha value is -3.52.